The van der Waals surface area contributed by atoms with Crippen molar-refractivity contribution in [3.8, 4) is 0 Å². The van der Waals surface area contributed by atoms with E-state index >= 15 is 0 Å². The summed E-state index contributed by atoms with van der Waals surface area (Å²) in [7, 11) is 0. The summed E-state index contributed by atoms with van der Waals surface area (Å²) in [6, 6.07) is 7.97. The molecule has 0 bridgehead atoms. The summed E-state index contributed by atoms with van der Waals surface area (Å²) in [5.41, 5.74) is 1.07. The van der Waals surface area contributed by atoms with Crippen molar-refractivity contribution in [2.24, 2.45) is 5.92 Å². The second kappa shape index (κ2) is 5.98. The first-order chi connectivity index (χ1) is 10.1. The molecule has 0 radical (unpaired) electrons. The van der Waals surface area contributed by atoms with Gasteiger partial charge >= 0.3 is 0 Å². The van der Waals surface area contributed by atoms with E-state index in [1.807, 2.05) is 36.1 Å². The molecular formula is C17H23ClN2O. The second-order valence-electron chi connectivity index (χ2n) is 6.38. The van der Waals surface area contributed by atoms with Gasteiger partial charge in [-0.15, -0.1) is 0 Å². The van der Waals surface area contributed by atoms with Crippen LogP contribution < -0.4 is 5.32 Å². The number of hydrogen-bond donors (Lipinski definition) is 1. The van der Waals surface area contributed by atoms with Gasteiger partial charge in [0, 0.05) is 11.1 Å². The molecule has 3 unspecified atom stereocenters. The molecule has 1 N–H and O–H groups in total. The van der Waals surface area contributed by atoms with Gasteiger partial charge in [0.1, 0.15) is 6.17 Å². The number of rotatable bonds is 3. The van der Waals surface area contributed by atoms with E-state index < -0.39 is 0 Å². The Hall–Kier alpha value is -1.06. The lowest BCUT2D eigenvalue weighted by molar-refractivity contribution is -0.132. The molecule has 3 rings (SSSR count). The third-order valence-electron chi connectivity index (χ3n) is 5.00. The zero-order valence-corrected chi connectivity index (χ0v) is 13.4. The van der Waals surface area contributed by atoms with E-state index in [9.17, 15) is 4.79 Å². The minimum absolute atomic E-state index is 0.0539. The van der Waals surface area contributed by atoms with Crippen LogP contribution in [-0.2, 0) is 4.79 Å². The Morgan fingerprint density at radius 1 is 1.33 bits per heavy atom. The van der Waals surface area contributed by atoms with Crippen molar-refractivity contribution < 1.29 is 4.79 Å². The van der Waals surface area contributed by atoms with Crippen LogP contribution in [0.15, 0.2) is 24.3 Å². The van der Waals surface area contributed by atoms with E-state index in [1.165, 1.54) is 25.7 Å². The number of hydrogen-bond acceptors (Lipinski definition) is 2. The standard InChI is InChI=1S/C17H23ClN2O/c1-11-17(21)20(12(2)13-6-3-4-7-13)16(19-11)14-8-5-9-15(18)10-14/h5,8-13,16,19H,3-4,6-7H2,1-2H3. The number of amides is 1. The van der Waals surface area contributed by atoms with Gasteiger partial charge in [-0.1, -0.05) is 36.6 Å². The Bertz CT molecular complexity index is 527. The Kier molecular flexibility index (Phi) is 4.23. The van der Waals surface area contributed by atoms with Gasteiger partial charge in [-0.05, 0) is 50.3 Å². The van der Waals surface area contributed by atoms with E-state index in [4.69, 9.17) is 11.6 Å². The maximum absolute atomic E-state index is 12.6. The average Bonchev–Trinajstić information content (AvgIpc) is 3.08. The number of benzene rings is 1. The van der Waals surface area contributed by atoms with E-state index in [1.54, 1.807) is 0 Å². The molecule has 0 spiro atoms. The fourth-order valence-electron chi connectivity index (χ4n) is 3.78. The Morgan fingerprint density at radius 3 is 2.71 bits per heavy atom. The lowest BCUT2D eigenvalue weighted by Gasteiger charge is -2.34. The van der Waals surface area contributed by atoms with Crippen molar-refractivity contribution in [3.63, 3.8) is 0 Å². The fourth-order valence-corrected chi connectivity index (χ4v) is 3.97. The van der Waals surface area contributed by atoms with E-state index in [0.29, 0.717) is 5.92 Å². The summed E-state index contributed by atoms with van der Waals surface area (Å²) in [6.45, 7) is 4.15. The van der Waals surface area contributed by atoms with Crippen molar-refractivity contribution in [1.29, 1.82) is 0 Å². The normalized spacial score (nSPS) is 28.3. The van der Waals surface area contributed by atoms with Crippen LogP contribution in [0.4, 0.5) is 0 Å². The molecule has 1 aliphatic carbocycles. The average molecular weight is 307 g/mol. The molecule has 114 valence electrons. The van der Waals surface area contributed by atoms with Gasteiger partial charge in [-0.2, -0.15) is 0 Å². The van der Waals surface area contributed by atoms with Crippen molar-refractivity contribution in [2.45, 2.75) is 57.8 Å². The van der Waals surface area contributed by atoms with Gasteiger partial charge in [0.05, 0.1) is 6.04 Å². The minimum atomic E-state index is -0.127. The molecule has 1 aromatic rings. The molecule has 0 aromatic heterocycles. The smallest absolute Gasteiger partial charge is 0.241 e. The second-order valence-corrected chi connectivity index (χ2v) is 6.81. The molecule has 4 heteroatoms. The molecule has 1 aromatic carbocycles. The van der Waals surface area contributed by atoms with Gasteiger partial charge in [0.25, 0.3) is 0 Å². The molecule has 1 saturated carbocycles. The van der Waals surface area contributed by atoms with Crippen molar-refractivity contribution in [1.82, 2.24) is 10.2 Å². The lowest BCUT2D eigenvalue weighted by Crippen LogP contribution is -2.42. The zero-order chi connectivity index (χ0) is 15.0. The van der Waals surface area contributed by atoms with Crippen LogP contribution in [0.2, 0.25) is 5.02 Å². The summed E-state index contributed by atoms with van der Waals surface area (Å²) in [4.78, 5) is 14.7. The van der Waals surface area contributed by atoms with Crippen LogP contribution in [0.25, 0.3) is 0 Å². The Morgan fingerprint density at radius 2 is 2.05 bits per heavy atom. The summed E-state index contributed by atoms with van der Waals surface area (Å²) in [6.07, 6.45) is 5.01. The van der Waals surface area contributed by atoms with Crippen LogP contribution in [0.3, 0.4) is 0 Å². The summed E-state index contributed by atoms with van der Waals surface area (Å²) in [5.74, 6) is 0.835. The summed E-state index contributed by atoms with van der Waals surface area (Å²) in [5, 5.41) is 4.14. The highest BCUT2D eigenvalue weighted by Gasteiger charge is 2.42. The SMILES string of the molecule is CC1NC(c2cccc(Cl)c2)N(C(C)C2CCCC2)C1=O. The van der Waals surface area contributed by atoms with Gasteiger partial charge < -0.3 is 4.90 Å². The van der Waals surface area contributed by atoms with Crippen molar-refractivity contribution in [3.05, 3.63) is 34.9 Å². The summed E-state index contributed by atoms with van der Waals surface area (Å²) < 4.78 is 0. The molecular weight excluding hydrogens is 284 g/mol. The monoisotopic (exact) mass is 306 g/mol. The van der Waals surface area contributed by atoms with E-state index in [-0.39, 0.29) is 24.2 Å². The number of nitrogens with zero attached hydrogens (tertiary/aromatic N) is 1. The third-order valence-corrected chi connectivity index (χ3v) is 5.23. The first kappa shape index (κ1) is 14.9. The molecule has 2 fully saturated rings. The highest BCUT2D eigenvalue weighted by Crippen LogP contribution is 2.36. The predicted octanol–water partition coefficient (Wildman–Crippen LogP) is 3.74. The van der Waals surface area contributed by atoms with Crippen LogP contribution in [-0.4, -0.2) is 22.9 Å². The summed E-state index contributed by atoms with van der Waals surface area (Å²) >= 11 is 6.12. The maximum Gasteiger partial charge on any atom is 0.241 e. The molecule has 1 amide bonds. The van der Waals surface area contributed by atoms with Crippen LogP contribution in [0.5, 0.6) is 0 Å². The lowest BCUT2D eigenvalue weighted by atomic mass is 9.97. The molecule has 1 saturated heterocycles. The number of carbonyl (C=O) groups is 1. The maximum atomic E-state index is 12.6. The third kappa shape index (κ3) is 2.82. The quantitative estimate of drug-likeness (QED) is 0.922. The van der Waals surface area contributed by atoms with Crippen LogP contribution in [0.1, 0.15) is 51.3 Å². The van der Waals surface area contributed by atoms with Crippen molar-refractivity contribution >= 4 is 17.5 Å². The van der Waals surface area contributed by atoms with Crippen molar-refractivity contribution in [2.75, 3.05) is 0 Å². The van der Waals surface area contributed by atoms with Gasteiger partial charge in [-0.25, -0.2) is 0 Å². The molecule has 3 nitrogen and oxygen atoms in total. The van der Waals surface area contributed by atoms with Gasteiger partial charge in [-0.3, -0.25) is 10.1 Å². The fraction of sp³-hybridized carbons (Fsp3) is 0.588. The molecule has 21 heavy (non-hydrogen) atoms. The first-order valence-corrected chi connectivity index (χ1v) is 8.29. The topological polar surface area (TPSA) is 32.3 Å². The van der Waals surface area contributed by atoms with E-state index in [2.05, 4.69) is 12.2 Å². The van der Waals surface area contributed by atoms with Gasteiger partial charge in [0.15, 0.2) is 0 Å². The van der Waals surface area contributed by atoms with E-state index in [0.717, 1.165) is 10.6 Å². The Balaban J connectivity index is 1.88. The molecule has 2 aliphatic rings. The number of halogens is 1. The number of carbonyl (C=O) groups excluding carboxylic acids is 1. The largest absolute Gasteiger partial charge is 0.319 e. The highest BCUT2D eigenvalue weighted by molar-refractivity contribution is 6.30. The molecule has 3 atom stereocenters. The van der Waals surface area contributed by atoms with Gasteiger partial charge in [0.2, 0.25) is 5.91 Å². The zero-order valence-electron chi connectivity index (χ0n) is 12.7. The highest BCUT2D eigenvalue weighted by atomic mass is 35.5. The molecule has 1 aliphatic heterocycles. The molecule has 1 heterocycles. The first-order valence-electron chi connectivity index (χ1n) is 7.91. The predicted molar refractivity (Wildman–Crippen MR) is 85.1 cm³/mol. The van der Waals surface area contributed by atoms with Crippen LogP contribution in [0, 0.1) is 5.92 Å². The Labute approximate surface area is 131 Å². The van der Waals surface area contributed by atoms with Crippen LogP contribution >= 0.6 is 11.6 Å². The minimum Gasteiger partial charge on any atom is -0.319 e. The number of nitrogens with one attached hydrogen (secondary N) is 1.